The van der Waals surface area contributed by atoms with Crippen LogP contribution in [-0.4, -0.2) is 10.2 Å². The third-order valence-electron chi connectivity index (χ3n) is 10.4. The molecule has 0 aromatic heterocycles. The molecule has 0 saturated carbocycles. The average molecular weight is 651 g/mol. The van der Waals surface area contributed by atoms with Crippen LogP contribution >= 0.6 is 0 Å². The van der Waals surface area contributed by atoms with Crippen molar-refractivity contribution in [3.05, 3.63) is 237 Å². The Morgan fingerprint density at radius 2 is 0.480 bits per heavy atom. The lowest BCUT2D eigenvalue weighted by molar-refractivity contribution is 0.465. The molecule has 0 heterocycles. The largest absolute Gasteiger partial charge is 0.507 e. The van der Waals surface area contributed by atoms with Crippen LogP contribution in [0.15, 0.2) is 170 Å². The molecule has 2 N–H and O–H groups in total. The molecule has 7 rings (SSSR count). The van der Waals surface area contributed by atoms with E-state index in [1.807, 2.05) is 27.7 Å². The van der Waals surface area contributed by atoms with E-state index in [1.54, 1.807) is 0 Å². The molecular formula is C48H42O2. The summed E-state index contributed by atoms with van der Waals surface area (Å²) in [7, 11) is 0. The number of aromatic hydroxyl groups is 2. The minimum atomic E-state index is -0.669. The van der Waals surface area contributed by atoms with E-state index in [0.29, 0.717) is 11.5 Å². The van der Waals surface area contributed by atoms with Crippen LogP contribution in [0, 0.1) is 27.7 Å². The zero-order valence-electron chi connectivity index (χ0n) is 29.1. The Kier molecular flexibility index (Phi) is 8.64. The smallest absolute Gasteiger partial charge is 0.121 e. The lowest BCUT2D eigenvalue weighted by Gasteiger charge is -2.39. The van der Waals surface area contributed by atoms with Gasteiger partial charge in [0.05, 0.1) is 10.8 Å². The second kappa shape index (κ2) is 13.2. The Morgan fingerprint density at radius 3 is 0.700 bits per heavy atom. The van der Waals surface area contributed by atoms with Gasteiger partial charge in [-0.25, -0.2) is 0 Å². The first-order valence-electron chi connectivity index (χ1n) is 17.2. The van der Waals surface area contributed by atoms with Crippen molar-refractivity contribution in [3.8, 4) is 11.5 Å². The maximum absolute atomic E-state index is 10.9. The van der Waals surface area contributed by atoms with Gasteiger partial charge in [0.1, 0.15) is 11.5 Å². The van der Waals surface area contributed by atoms with Gasteiger partial charge in [0.15, 0.2) is 0 Å². The summed E-state index contributed by atoms with van der Waals surface area (Å²) in [5, 5.41) is 21.8. The van der Waals surface area contributed by atoms with Crippen molar-refractivity contribution in [2.75, 3.05) is 0 Å². The molecular weight excluding hydrogens is 609 g/mol. The van der Waals surface area contributed by atoms with Gasteiger partial charge < -0.3 is 10.2 Å². The van der Waals surface area contributed by atoms with Crippen molar-refractivity contribution >= 4 is 0 Å². The molecule has 0 aliphatic heterocycles. The SMILES string of the molecule is Cc1cc(C(c2ccccc2)(c2ccccc2)c2ccc(C(c3ccccc3)(c3ccccc3)c3cc(C)c(O)c(C)c3)cc2)cc(C)c1O. The quantitative estimate of drug-likeness (QED) is 0.161. The molecule has 0 spiro atoms. The molecule has 2 heteroatoms. The number of benzene rings is 7. The summed E-state index contributed by atoms with van der Waals surface area (Å²) in [6, 6.07) is 60.4. The molecule has 7 aromatic carbocycles. The highest BCUT2D eigenvalue weighted by atomic mass is 16.3. The summed E-state index contributed by atoms with van der Waals surface area (Å²) in [4.78, 5) is 0. The summed E-state index contributed by atoms with van der Waals surface area (Å²) >= 11 is 0. The van der Waals surface area contributed by atoms with Gasteiger partial charge in [-0.3, -0.25) is 0 Å². The Bertz CT molecular complexity index is 1950. The minimum absolute atomic E-state index is 0.328. The summed E-state index contributed by atoms with van der Waals surface area (Å²) in [5.41, 5.74) is 11.1. The van der Waals surface area contributed by atoms with Crippen LogP contribution in [0.25, 0.3) is 0 Å². The standard InChI is InChI=1S/C48H42O2/c1-33-29-43(30-34(2)45(33)49)47(37-17-9-5-10-18-37,38-19-11-6-12-20-38)41-25-27-42(28-26-41)48(39-21-13-7-14-22-39,40-23-15-8-16-24-40)44-31-35(3)46(50)36(4)32-44/h5-32,49-50H,1-4H3. The summed E-state index contributed by atoms with van der Waals surface area (Å²) in [6.07, 6.45) is 0. The van der Waals surface area contributed by atoms with E-state index in [9.17, 15) is 10.2 Å². The fourth-order valence-electron chi connectivity index (χ4n) is 8.07. The van der Waals surface area contributed by atoms with E-state index in [1.165, 1.54) is 0 Å². The van der Waals surface area contributed by atoms with E-state index in [0.717, 1.165) is 66.8 Å². The van der Waals surface area contributed by atoms with Crippen molar-refractivity contribution in [2.24, 2.45) is 0 Å². The molecule has 2 nitrogen and oxygen atoms in total. The minimum Gasteiger partial charge on any atom is -0.507 e. The van der Waals surface area contributed by atoms with E-state index in [-0.39, 0.29) is 0 Å². The van der Waals surface area contributed by atoms with Crippen molar-refractivity contribution in [1.29, 1.82) is 0 Å². The van der Waals surface area contributed by atoms with Gasteiger partial charge in [-0.1, -0.05) is 170 Å². The van der Waals surface area contributed by atoms with Crippen LogP contribution in [-0.2, 0) is 10.8 Å². The highest BCUT2D eigenvalue weighted by Crippen LogP contribution is 2.50. The lowest BCUT2D eigenvalue weighted by Crippen LogP contribution is -2.33. The maximum atomic E-state index is 10.9. The molecule has 50 heavy (non-hydrogen) atoms. The molecule has 0 unspecified atom stereocenters. The van der Waals surface area contributed by atoms with Gasteiger partial charge in [0, 0.05) is 0 Å². The monoisotopic (exact) mass is 650 g/mol. The Hall–Kier alpha value is -5.86. The molecule has 0 aliphatic rings. The zero-order valence-corrected chi connectivity index (χ0v) is 29.1. The first-order valence-corrected chi connectivity index (χ1v) is 17.2. The normalized spacial score (nSPS) is 11.8. The van der Waals surface area contributed by atoms with Crippen molar-refractivity contribution in [2.45, 2.75) is 38.5 Å². The van der Waals surface area contributed by atoms with E-state index < -0.39 is 10.8 Å². The van der Waals surface area contributed by atoms with Crippen molar-refractivity contribution in [3.63, 3.8) is 0 Å². The van der Waals surface area contributed by atoms with Crippen LogP contribution in [0.2, 0.25) is 0 Å². The van der Waals surface area contributed by atoms with Gasteiger partial charge in [0.2, 0.25) is 0 Å². The number of rotatable bonds is 8. The van der Waals surface area contributed by atoms with E-state index in [4.69, 9.17) is 0 Å². The van der Waals surface area contributed by atoms with Crippen LogP contribution < -0.4 is 0 Å². The van der Waals surface area contributed by atoms with Crippen molar-refractivity contribution < 1.29 is 10.2 Å². The van der Waals surface area contributed by atoms with Crippen molar-refractivity contribution in [1.82, 2.24) is 0 Å². The van der Waals surface area contributed by atoms with Crippen LogP contribution in [0.5, 0.6) is 11.5 Å². The lowest BCUT2D eigenvalue weighted by atomic mass is 9.62. The number of aryl methyl sites for hydroxylation is 4. The molecule has 0 atom stereocenters. The maximum Gasteiger partial charge on any atom is 0.121 e. The third kappa shape index (κ3) is 5.29. The molecule has 246 valence electrons. The second-order valence-electron chi connectivity index (χ2n) is 13.5. The topological polar surface area (TPSA) is 40.5 Å². The predicted octanol–water partition coefficient (Wildman–Crippen LogP) is 11.1. The molecule has 0 radical (unpaired) electrons. The van der Waals surface area contributed by atoms with Crippen LogP contribution in [0.1, 0.15) is 66.8 Å². The van der Waals surface area contributed by atoms with Gasteiger partial charge in [0.25, 0.3) is 0 Å². The first kappa shape index (κ1) is 32.7. The van der Waals surface area contributed by atoms with Gasteiger partial charge in [-0.2, -0.15) is 0 Å². The highest BCUT2D eigenvalue weighted by molar-refractivity contribution is 5.65. The van der Waals surface area contributed by atoms with E-state index in [2.05, 4.69) is 170 Å². The summed E-state index contributed by atoms with van der Waals surface area (Å²) in [6.45, 7) is 7.91. The number of phenolic OH excluding ortho intramolecular Hbond substituents is 2. The second-order valence-corrected chi connectivity index (χ2v) is 13.5. The Morgan fingerprint density at radius 1 is 0.280 bits per heavy atom. The number of phenols is 2. The van der Waals surface area contributed by atoms with E-state index >= 15 is 0 Å². The predicted molar refractivity (Wildman–Crippen MR) is 205 cm³/mol. The van der Waals surface area contributed by atoms with Crippen LogP contribution in [0.4, 0.5) is 0 Å². The zero-order chi connectivity index (χ0) is 34.9. The summed E-state index contributed by atoms with van der Waals surface area (Å²) in [5.74, 6) is 0.656. The Labute approximate surface area is 296 Å². The fraction of sp³-hybridized carbons (Fsp3) is 0.125. The molecule has 0 aliphatic carbocycles. The highest BCUT2D eigenvalue weighted by Gasteiger charge is 2.42. The summed E-state index contributed by atoms with van der Waals surface area (Å²) < 4.78 is 0. The number of hydrogen-bond donors (Lipinski definition) is 2. The first-order chi connectivity index (χ1) is 24.3. The molecule has 0 fully saturated rings. The van der Waals surface area contributed by atoms with Crippen LogP contribution in [0.3, 0.4) is 0 Å². The van der Waals surface area contributed by atoms with Gasteiger partial charge in [-0.15, -0.1) is 0 Å². The van der Waals surface area contributed by atoms with Gasteiger partial charge in [-0.05, 0) is 94.5 Å². The van der Waals surface area contributed by atoms with Gasteiger partial charge >= 0.3 is 0 Å². The molecule has 7 aromatic rings. The molecule has 0 amide bonds. The number of hydrogen-bond acceptors (Lipinski definition) is 2. The molecule has 0 bridgehead atoms. The fourth-order valence-corrected chi connectivity index (χ4v) is 8.07. The molecule has 0 saturated heterocycles. The third-order valence-corrected chi connectivity index (χ3v) is 10.4. The average Bonchev–Trinajstić information content (AvgIpc) is 3.16. The Balaban J connectivity index is 1.57.